The van der Waals surface area contributed by atoms with Crippen molar-refractivity contribution in [1.82, 2.24) is 5.16 Å². The van der Waals surface area contributed by atoms with Crippen LogP contribution in [0.2, 0.25) is 0 Å². The van der Waals surface area contributed by atoms with Crippen LogP contribution in [0, 0.1) is 16.3 Å². The Morgan fingerprint density at radius 3 is 2.57 bits per heavy atom. The van der Waals surface area contributed by atoms with Crippen LogP contribution in [-0.4, -0.2) is 5.16 Å². The first-order valence-electron chi connectivity index (χ1n) is 6.35. The van der Waals surface area contributed by atoms with Gasteiger partial charge in [-0.05, 0) is 41.1 Å². The Kier molecular flexibility index (Phi) is 3.67. The third-order valence-corrected chi connectivity index (χ3v) is 4.73. The van der Waals surface area contributed by atoms with E-state index in [1.165, 1.54) is 6.07 Å². The summed E-state index contributed by atoms with van der Waals surface area (Å²) < 4.78 is 20.5. The Balaban J connectivity index is 2.28. The van der Waals surface area contributed by atoms with Crippen molar-refractivity contribution < 1.29 is 8.91 Å². The maximum Gasteiger partial charge on any atom is 0.178 e. The van der Waals surface area contributed by atoms with Gasteiger partial charge in [0.05, 0.1) is 5.56 Å². The van der Waals surface area contributed by atoms with Gasteiger partial charge in [0, 0.05) is 14.7 Å². The van der Waals surface area contributed by atoms with Crippen molar-refractivity contribution in [3.05, 3.63) is 57.4 Å². The molecule has 0 aliphatic heterocycles. The van der Waals surface area contributed by atoms with E-state index in [0.29, 0.717) is 16.9 Å². The molecule has 0 aliphatic rings. The average molecular weight is 394 g/mol. The van der Waals surface area contributed by atoms with Crippen molar-refractivity contribution >= 4 is 28.4 Å². The van der Waals surface area contributed by atoms with Gasteiger partial charge >= 0.3 is 0 Å². The molecule has 0 saturated carbocycles. The predicted octanol–water partition coefficient (Wildman–Crippen LogP) is 4.64. The van der Waals surface area contributed by atoms with Crippen LogP contribution in [-0.2, 0) is 0 Å². The van der Waals surface area contributed by atoms with Gasteiger partial charge < -0.3 is 10.3 Å². The fraction of sp³-hybridized carbons (Fsp3) is 0.0625. The second-order valence-corrected chi connectivity index (χ2v) is 5.77. The number of anilines is 1. The van der Waals surface area contributed by atoms with Crippen molar-refractivity contribution in [3.8, 4) is 22.5 Å². The Hall–Kier alpha value is -1.89. The van der Waals surface area contributed by atoms with E-state index in [4.69, 9.17) is 10.3 Å². The molecule has 0 amide bonds. The minimum Gasteiger partial charge on any atom is -0.380 e. The minimum atomic E-state index is -0.351. The molecule has 0 aliphatic carbocycles. The van der Waals surface area contributed by atoms with Crippen LogP contribution in [0.4, 0.5) is 10.2 Å². The smallest absolute Gasteiger partial charge is 0.178 e. The first-order chi connectivity index (χ1) is 10.1. The van der Waals surface area contributed by atoms with Gasteiger partial charge in [0.25, 0.3) is 0 Å². The molecule has 2 aromatic carbocycles. The third-order valence-electron chi connectivity index (χ3n) is 3.30. The Bertz CT molecular complexity index is 814. The number of aromatic nitrogens is 1. The summed E-state index contributed by atoms with van der Waals surface area (Å²) in [4.78, 5) is 0. The molecule has 3 aromatic rings. The monoisotopic (exact) mass is 394 g/mol. The van der Waals surface area contributed by atoms with E-state index < -0.39 is 0 Å². The van der Waals surface area contributed by atoms with Crippen molar-refractivity contribution in [3.63, 3.8) is 0 Å². The molecule has 2 N–H and O–H groups in total. The molecule has 0 spiro atoms. The van der Waals surface area contributed by atoms with Crippen molar-refractivity contribution in [2.24, 2.45) is 0 Å². The first kappa shape index (κ1) is 14.1. The van der Waals surface area contributed by atoms with Gasteiger partial charge in [0.1, 0.15) is 5.82 Å². The van der Waals surface area contributed by atoms with E-state index in [0.717, 1.165) is 14.7 Å². The molecule has 3 rings (SSSR count). The van der Waals surface area contributed by atoms with E-state index in [1.807, 2.05) is 25.1 Å². The van der Waals surface area contributed by atoms with E-state index in [-0.39, 0.29) is 11.6 Å². The van der Waals surface area contributed by atoms with Crippen molar-refractivity contribution in [2.45, 2.75) is 6.92 Å². The number of nitrogen functional groups attached to an aromatic ring is 1. The van der Waals surface area contributed by atoms with E-state index >= 15 is 0 Å². The molecule has 21 heavy (non-hydrogen) atoms. The van der Waals surface area contributed by atoms with Crippen LogP contribution < -0.4 is 5.73 Å². The number of nitrogens with two attached hydrogens (primary N) is 1. The second-order valence-electron chi connectivity index (χ2n) is 4.69. The number of hydrogen-bond acceptors (Lipinski definition) is 3. The van der Waals surface area contributed by atoms with Crippen molar-refractivity contribution in [2.75, 3.05) is 5.73 Å². The second kappa shape index (κ2) is 5.48. The normalized spacial score (nSPS) is 10.8. The number of rotatable bonds is 2. The summed E-state index contributed by atoms with van der Waals surface area (Å²) in [7, 11) is 0. The van der Waals surface area contributed by atoms with Crippen LogP contribution in [0.1, 0.15) is 5.56 Å². The molecule has 0 radical (unpaired) electrons. The van der Waals surface area contributed by atoms with Crippen LogP contribution in [0.5, 0.6) is 0 Å². The van der Waals surface area contributed by atoms with Gasteiger partial charge in [-0.15, -0.1) is 0 Å². The highest BCUT2D eigenvalue weighted by Crippen LogP contribution is 2.39. The van der Waals surface area contributed by atoms with Gasteiger partial charge in [0.2, 0.25) is 0 Å². The molecule has 0 bridgehead atoms. The molecular formula is C16H12FIN2O. The maximum absolute atomic E-state index is 14.1. The zero-order valence-electron chi connectivity index (χ0n) is 11.2. The summed E-state index contributed by atoms with van der Waals surface area (Å²) in [5, 5.41) is 3.81. The molecule has 0 fully saturated rings. The zero-order valence-corrected chi connectivity index (χ0v) is 13.4. The van der Waals surface area contributed by atoms with E-state index in [2.05, 4.69) is 27.7 Å². The van der Waals surface area contributed by atoms with Crippen LogP contribution >= 0.6 is 22.6 Å². The molecule has 1 heterocycles. The van der Waals surface area contributed by atoms with Crippen LogP contribution in [0.25, 0.3) is 22.5 Å². The molecule has 1 aromatic heterocycles. The molecule has 0 unspecified atom stereocenters. The summed E-state index contributed by atoms with van der Waals surface area (Å²) in [5.74, 6) is 0.328. The molecule has 0 atom stereocenters. The quantitative estimate of drug-likeness (QED) is 0.645. The van der Waals surface area contributed by atoms with Crippen molar-refractivity contribution in [1.29, 1.82) is 0 Å². The lowest BCUT2D eigenvalue weighted by Crippen LogP contribution is -1.93. The Morgan fingerprint density at radius 2 is 1.81 bits per heavy atom. The predicted molar refractivity (Wildman–Crippen MR) is 89.2 cm³/mol. The number of hydrogen-bond donors (Lipinski definition) is 1. The Morgan fingerprint density at radius 1 is 1.10 bits per heavy atom. The molecular weight excluding hydrogens is 382 g/mol. The number of nitrogens with zero attached hydrogens (tertiary/aromatic N) is 1. The fourth-order valence-corrected chi connectivity index (χ4v) is 2.84. The van der Waals surface area contributed by atoms with E-state index in [1.54, 1.807) is 18.2 Å². The lowest BCUT2D eigenvalue weighted by atomic mass is 10.00. The summed E-state index contributed by atoms with van der Waals surface area (Å²) in [6, 6.07) is 12.3. The number of aryl methyl sites for hydroxylation is 1. The summed E-state index contributed by atoms with van der Waals surface area (Å²) in [6.07, 6.45) is 0. The lowest BCUT2D eigenvalue weighted by Gasteiger charge is -2.07. The largest absolute Gasteiger partial charge is 0.380 e. The van der Waals surface area contributed by atoms with Crippen LogP contribution in [0.15, 0.2) is 47.0 Å². The van der Waals surface area contributed by atoms with Gasteiger partial charge in [0.15, 0.2) is 11.6 Å². The highest BCUT2D eigenvalue weighted by molar-refractivity contribution is 14.1. The third kappa shape index (κ3) is 2.42. The highest BCUT2D eigenvalue weighted by Gasteiger charge is 2.22. The summed E-state index contributed by atoms with van der Waals surface area (Å²) >= 11 is 2.24. The summed E-state index contributed by atoms with van der Waals surface area (Å²) in [6.45, 7) is 2.01. The SMILES string of the molecule is Cc1cccc(-c2onc(N)c2-c2ccccc2F)c1I. The fourth-order valence-electron chi connectivity index (χ4n) is 2.23. The summed E-state index contributed by atoms with van der Waals surface area (Å²) in [5.41, 5.74) is 8.76. The molecule has 5 heteroatoms. The number of benzene rings is 2. The number of halogens is 2. The van der Waals surface area contributed by atoms with Gasteiger partial charge in [-0.2, -0.15) is 0 Å². The lowest BCUT2D eigenvalue weighted by molar-refractivity contribution is 0.436. The van der Waals surface area contributed by atoms with Gasteiger partial charge in [-0.1, -0.05) is 41.6 Å². The standard InChI is InChI=1S/C16H12FIN2O/c1-9-5-4-7-11(14(9)18)15-13(16(19)20-21-15)10-6-2-3-8-12(10)17/h2-8H,1H3,(H2,19,20). The average Bonchev–Trinajstić information content (AvgIpc) is 2.84. The zero-order chi connectivity index (χ0) is 15.0. The molecule has 3 nitrogen and oxygen atoms in total. The van der Waals surface area contributed by atoms with Crippen LogP contribution in [0.3, 0.4) is 0 Å². The van der Waals surface area contributed by atoms with Gasteiger partial charge in [-0.25, -0.2) is 4.39 Å². The topological polar surface area (TPSA) is 52.0 Å². The minimum absolute atomic E-state index is 0.187. The molecule has 106 valence electrons. The Labute approximate surface area is 135 Å². The van der Waals surface area contributed by atoms with Gasteiger partial charge in [-0.3, -0.25) is 0 Å². The van der Waals surface area contributed by atoms with E-state index in [9.17, 15) is 4.39 Å². The highest BCUT2D eigenvalue weighted by atomic mass is 127. The first-order valence-corrected chi connectivity index (χ1v) is 7.43. The molecule has 0 saturated heterocycles. The maximum atomic E-state index is 14.1.